The van der Waals surface area contributed by atoms with Gasteiger partial charge in [0.15, 0.2) is 5.13 Å². The molecule has 0 aromatic carbocycles. The molecule has 0 saturated carbocycles. The molecule has 1 N–H and O–H groups in total. The highest BCUT2D eigenvalue weighted by Crippen LogP contribution is 2.21. The minimum Gasteiger partial charge on any atom is -0.377 e. The number of hydrogen-bond acceptors (Lipinski definition) is 5. The van der Waals surface area contributed by atoms with Gasteiger partial charge in [-0.3, -0.25) is 4.90 Å². The number of nitrogens with zero attached hydrogens (tertiary/aromatic N) is 2. The molecule has 2 rings (SSSR count). The summed E-state index contributed by atoms with van der Waals surface area (Å²) in [5.41, 5.74) is 0. The molecule has 0 bridgehead atoms. The van der Waals surface area contributed by atoms with Crippen LogP contribution in [0.5, 0.6) is 0 Å². The van der Waals surface area contributed by atoms with Crippen LogP contribution < -0.4 is 5.32 Å². The second-order valence-electron chi connectivity index (χ2n) is 5.02. The Morgan fingerprint density at radius 1 is 1.53 bits per heavy atom. The number of rotatable bonds is 8. The number of anilines is 1. The van der Waals surface area contributed by atoms with Crippen molar-refractivity contribution in [2.45, 2.75) is 45.8 Å². The van der Waals surface area contributed by atoms with E-state index in [1.54, 1.807) is 11.3 Å². The number of nitrogens with one attached hydrogen (secondary N) is 1. The monoisotopic (exact) mass is 283 g/mol. The van der Waals surface area contributed by atoms with E-state index in [1.165, 1.54) is 17.7 Å². The zero-order valence-corrected chi connectivity index (χ0v) is 12.8. The van der Waals surface area contributed by atoms with Crippen molar-refractivity contribution < 1.29 is 4.74 Å². The molecule has 0 aliphatic carbocycles. The number of aromatic nitrogens is 1. The molecule has 108 valence electrons. The lowest BCUT2D eigenvalue weighted by molar-refractivity contribution is 0.0728. The predicted octanol–water partition coefficient (Wildman–Crippen LogP) is 2.97. The molecule has 0 amide bonds. The average Bonchev–Trinajstić information content (AvgIpc) is 3.07. The van der Waals surface area contributed by atoms with Crippen LogP contribution >= 0.6 is 11.3 Å². The van der Waals surface area contributed by atoms with Crippen molar-refractivity contribution in [2.75, 3.05) is 31.6 Å². The van der Waals surface area contributed by atoms with Gasteiger partial charge in [-0.2, -0.15) is 0 Å². The van der Waals surface area contributed by atoms with E-state index in [4.69, 9.17) is 4.74 Å². The van der Waals surface area contributed by atoms with Gasteiger partial charge in [-0.05, 0) is 25.8 Å². The second kappa shape index (κ2) is 7.82. The van der Waals surface area contributed by atoms with Crippen LogP contribution in [0.25, 0.3) is 0 Å². The van der Waals surface area contributed by atoms with Crippen LogP contribution in [0.1, 0.15) is 38.0 Å². The van der Waals surface area contributed by atoms with Gasteiger partial charge in [0.2, 0.25) is 0 Å². The maximum atomic E-state index is 5.72. The molecule has 2 heterocycles. The van der Waals surface area contributed by atoms with Crippen molar-refractivity contribution in [3.8, 4) is 0 Å². The molecule has 1 aliphatic heterocycles. The van der Waals surface area contributed by atoms with Crippen LogP contribution in [-0.2, 0) is 11.3 Å². The molecule has 1 saturated heterocycles. The lowest BCUT2D eigenvalue weighted by Crippen LogP contribution is -2.31. The lowest BCUT2D eigenvalue weighted by Gasteiger charge is -2.22. The molecule has 4 nitrogen and oxygen atoms in total. The number of ether oxygens (including phenoxy) is 1. The van der Waals surface area contributed by atoms with E-state index in [2.05, 4.69) is 29.0 Å². The highest BCUT2D eigenvalue weighted by molar-refractivity contribution is 7.15. The van der Waals surface area contributed by atoms with Gasteiger partial charge in [0, 0.05) is 37.3 Å². The van der Waals surface area contributed by atoms with Crippen molar-refractivity contribution in [3.05, 3.63) is 11.1 Å². The Hall–Kier alpha value is -0.650. The summed E-state index contributed by atoms with van der Waals surface area (Å²) in [6, 6.07) is 0. The summed E-state index contributed by atoms with van der Waals surface area (Å²) < 4.78 is 5.72. The van der Waals surface area contributed by atoms with Crippen LogP contribution in [0.4, 0.5) is 5.13 Å². The van der Waals surface area contributed by atoms with E-state index >= 15 is 0 Å². The van der Waals surface area contributed by atoms with Crippen molar-refractivity contribution >= 4 is 16.5 Å². The van der Waals surface area contributed by atoms with E-state index < -0.39 is 0 Å². The van der Waals surface area contributed by atoms with Crippen LogP contribution in [-0.4, -0.2) is 42.2 Å². The summed E-state index contributed by atoms with van der Waals surface area (Å²) in [6.45, 7) is 9.42. The van der Waals surface area contributed by atoms with Gasteiger partial charge in [-0.1, -0.05) is 13.8 Å². The molecule has 5 heteroatoms. The summed E-state index contributed by atoms with van der Waals surface area (Å²) in [5, 5.41) is 4.39. The summed E-state index contributed by atoms with van der Waals surface area (Å²) in [7, 11) is 0. The normalized spacial score (nSPS) is 19.2. The fraction of sp³-hybridized carbons (Fsp3) is 0.786. The smallest absolute Gasteiger partial charge is 0.182 e. The molecule has 1 aromatic rings. The van der Waals surface area contributed by atoms with Crippen molar-refractivity contribution in [2.24, 2.45) is 0 Å². The third-order valence-electron chi connectivity index (χ3n) is 3.39. The quantitative estimate of drug-likeness (QED) is 0.796. The minimum atomic E-state index is 0.436. The third kappa shape index (κ3) is 4.75. The lowest BCUT2D eigenvalue weighted by atomic mass is 10.2. The Balaban J connectivity index is 1.81. The Morgan fingerprint density at radius 3 is 3.11 bits per heavy atom. The molecule has 1 unspecified atom stereocenters. The fourth-order valence-corrected chi connectivity index (χ4v) is 3.18. The Morgan fingerprint density at radius 2 is 2.42 bits per heavy atom. The van der Waals surface area contributed by atoms with Gasteiger partial charge in [0.05, 0.1) is 6.10 Å². The zero-order valence-electron chi connectivity index (χ0n) is 12.0. The van der Waals surface area contributed by atoms with E-state index in [9.17, 15) is 0 Å². The molecular formula is C14H25N3OS. The van der Waals surface area contributed by atoms with Gasteiger partial charge in [0.1, 0.15) is 0 Å². The van der Waals surface area contributed by atoms with Gasteiger partial charge >= 0.3 is 0 Å². The Kier molecular flexibility index (Phi) is 6.07. The first-order valence-electron chi connectivity index (χ1n) is 7.34. The maximum Gasteiger partial charge on any atom is 0.182 e. The van der Waals surface area contributed by atoms with Crippen LogP contribution in [0.3, 0.4) is 0 Å². The maximum absolute atomic E-state index is 5.72. The summed E-state index contributed by atoms with van der Waals surface area (Å²) in [6.07, 6.45) is 6.00. The summed E-state index contributed by atoms with van der Waals surface area (Å²) >= 11 is 1.77. The second-order valence-corrected chi connectivity index (χ2v) is 6.14. The molecule has 0 radical (unpaired) electrons. The zero-order chi connectivity index (χ0) is 13.5. The fourth-order valence-electron chi connectivity index (χ4n) is 2.30. The molecule has 1 aromatic heterocycles. The van der Waals surface area contributed by atoms with Crippen molar-refractivity contribution in [3.63, 3.8) is 0 Å². The first kappa shape index (κ1) is 14.8. The van der Waals surface area contributed by atoms with Gasteiger partial charge in [0.25, 0.3) is 0 Å². The first-order valence-corrected chi connectivity index (χ1v) is 8.16. The van der Waals surface area contributed by atoms with Crippen LogP contribution in [0.2, 0.25) is 0 Å². The average molecular weight is 283 g/mol. The van der Waals surface area contributed by atoms with Gasteiger partial charge in [-0.15, -0.1) is 11.3 Å². The molecule has 1 atom stereocenters. The highest BCUT2D eigenvalue weighted by Gasteiger charge is 2.19. The Bertz CT molecular complexity index is 363. The first-order chi connectivity index (χ1) is 9.31. The standard InChI is InChI=1S/C14H25N3OS/c1-3-7-15-14-16-9-13(19-14)11-17(4-2)10-12-6-5-8-18-12/h9,12H,3-8,10-11H2,1-2H3,(H,15,16). The summed E-state index contributed by atoms with van der Waals surface area (Å²) in [5.74, 6) is 0. The van der Waals surface area contributed by atoms with E-state index in [0.29, 0.717) is 6.10 Å². The molecule has 19 heavy (non-hydrogen) atoms. The largest absolute Gasteiger partial charge is 0.377 e. The number of likely N-dealkylation sites (N-methyl/N-ethyl adjacent to an activating group) is 1. The molecule has 1 aliphatic rings. The minimum absolute atomic E-state index is 0.436. The molecule has 0 spiro atoms. The molecule has 1 fully saturated rings. The highest BCUT2D eigenvalue weighted by atomic mass is 32.1. The number of hydrogen-bond donors (Lipinski definition) is 1. The van der Waals surface area contributed by atoms with Crippen LogP contribution in [0, 0.1) is 0 Å². The van der Waals surface area contributed by atoms with E-state index in [0.717, 1.165) is 44.3 Å². The van der Waals surface area contributed by atoms with Crippen molar-refractivity contribution in [1.29, 1.82) is 0 Å². The van der Waals surface area contributed by atoms with Gasteiger partial charge in [-0.25, -0.2) is 4.98 Å². The van der Waals surface area contributed by atoms with E-state index in [-0.39, 0.29) is 0 Å². The van der Waals surface area contributed by atoms with Crippen LogP contribution in [0.15, 0.2) is 6.20 Å². The molecular weight excluding hydrogens is 258 g/mol. The third-order valence-corrected chi connectivity index (χ3v) is 4.33. The summed E-state index contributed by atoms with van der Waals surface area (Å²) in [4.78, 5) is 8.21. The SMILES string of the molecule is CCCNc1ncc(CN(CC)CC2CCCO2)s1. The Labute approximate surface area is 120 Å². The predicted molar refractivity (Wildman–Crippen MR) is 80.8 cm³/mol. The van der Waals surface area contributed by atoms with Crippen molar-refractivity contribution in [1.82, 2.24) is 9.88 Å². The topological polar surface area (TPSA) is 37.4 Å². The van der Waals surface area contributed by atoms with Gasteiger partial charge < -0.3 is 10.1 Å². The number of thiazole rings is 1. The van der Waals surface area contributed by atoms with E-state index in [1.807, 2.05) is 6.20 Å².